The molecule has 3 nitrogen and oxygen atoms in total. The minimum Gasteiger partial charge on any atom is -0.340 e. The summed E-state index contributed by atoms with van der Waals surface area (Å²) >= 11 is 0. The number of amides is 1. The molecule has 1 fully saturated rings. The van der Waals surface area contributed by atoms with Gasteiger partial charge in [0.15, 0.2) is 0 Å². The quantitative estimate of drug-likeness (QED) is 0.794. The monoisotopic (exact) mass is 226 g/mol. The van der Waals surface area contributed by atoms with E-state index in [4.69, 9.17) is 0 Å². The molecule has 16 heavy (non-hydrogen) atoms. The zero-order valence-corrected chi connectivity index (χ0v) is 11.3. The fraction of sp³-hybridized carbons (Fsp3) is 0.923. The lowest BCUT2D eigenvalue weighted by Gasteiger charge is -2.38. The summed E-state index contributed by atoms with van der Waals surface area (Å²) in [6.07, 6.45) is 0.979. The zero-order chi connectivity index (χ0) is 12.3. The smallest absolute Gasteiger partial charge is 0.230 e. The summed E-state index contributed by atoms with van der Waals surface area (Å²) in [5.41, 5.74) is -0.166. The highest BCUT2D eigenvalue weighted by Gasteiger charge is 2.46. The van der Waals surface area contributed by atoms with E-state index in [1.54, 1.807) is 0 Å². The largest absolute Gasteiger partial charge is 0.340 e. The van der Waals surface area contributed by atoms with Crippen LogP contribution in [0, 0.1) is 11.3 Å². The van der Waals surface area contributed by atoms with Crippen LogP contribution in [0.5, 0.6) is 0 Å². The Balaban J connectivity index is 2.91. The molecule has 3 heteroatoms. The summed E-state index contributed by atoms with van der Waals surface area (Å²) in [6.45, 7) is 13.2. The van der Waals surface area contributed by atoms with Crippen molar-refractivity contribution >= 4 is 5.91 Å². The second-order valence-corrected chi connectivity index (χ2v) is 5.42. The maximum absolute atomic E-state index is 12.7. The molecule has 1 atom stereocenters. The van der Waals surface area contributed by atoms with Gasteiger partial charge >= 0.3 is 0 Å². The molecule has 0 spiro atoms. The summed E-state index contributed by atoms with van der Waals surface area (Å²) in [5, 5.41) is 3.35. The van der Waals surface area contributed by atoms with Crippen molar-refractivity contribution in [2.45, 2.75) is 47.1 Å². The lowest BCUT2D eigenvalue weighted by atomic mass is 9.75. The van der Waals surface area contributed by atoms with E-state index in [1.165, 1.54) is 0 Å². The Labute approximate surface area is 99.6 Å². The number of nitrogens with one attached hydrogen (secondary N) is 1. The van der Waals surface area contributed by atoms with Gasteiger partial charge < -0.3 is 10.2 Å². The molecule has 1 rings (SSSR count). The minimum atomic E-state index is -0.166. The second kappa shape index (κ2) is 5.17. The third-order valence-electron chi connectivity index (χ3n) is 3.94. The van der Waals surface area contributed by atoms with E-state index in [-0.39, 0.29) is 5.41 Å². The van der Waals surface area contributed by atoms with Crippen molar-refractivity contribution in [2.24, 2.45) is 11.3 Å². The summed E-state index contributed by atoms with van der Waals surface area (Å²) in [4.78, 5) is 14.7. The van der Waals surface area contributed by atoms with Gasteiger partial charge in [-0.25, -0.2) is 0 Å². The lowest BCUT2D eigenvalue weighted by Crippen LogP contribution is -2.50. The molecule has 1 aliphatic heterocycles. The van der Waals surface area contributed by atoms with E-state index in [2.05, 4.69) is 39.9 Å². The summed E-state index contributed by atoms with van der Waals surface area (Å²) < 4.78 is 0. The first-order valence-electron chi connectivity index (χ1n) is 6.47. The standard InChI is InChI=1S/C13H26N2O/c1-6-15(11(4)5)12(16)13(10(2)3)7-8-14-9-13/h10-11,14H,6-9H2,1-5H3. The van der Waals surface area contributed by atoms with Crippen LogP contribution in [-0.2, 0) is 4.79 Å². The predicted molar refractivity (Wildman–Crippen MR) is 67.3 cm³/mol. The number of carbonyl (C=O) groups excluding carboxylic acids is 1. The van der Waals surface area contributed by atoms with E-state index >= 15 is 0 Å². The van der Waals surface area contributed by atoms with Gasteiger partial charge in [-0.1, -0.05) is 13.8 Å². The molecule has 0 bridgehead atoms. The van der Waals surface area contributed by atoms with Gasteiger partial charge in [-0.05, 0) is 39.7 Å². The average Bonchev–Trinajstić information content (AvgIpc) is 2.67. The normalized spacial score (nSPS) is 25.4. The first-order valence-corrected chi connectivity index (χ1v) is 6.47. The highest BCUT2D eigenvalue weighted by Crippen LogP contribution is 2.36. The SMILES string of the molecule is CCN(C(=O)C1(C(C)C)CCNC1)C(C)C. The molecule has 0 aromatic carbocycles. The molecule has 1 aliphatic rings. The van der Waals surface area contributed by atoms with E-state index < -0.39 is 0 Å². The number of hydrogen-bond donors (Lipinski definition) is 1. The van der Waals surface area contributed by atoms with Gasteiger partial charge in [0.2, 0.25) is 5.91 Å². The fourth-order valence-electron chi connectivity index (χ4n) is 2.66. The van der Waals surface area contributed by atoms with E-state index in [0.717, 1.165) is 26.1 Å². The lowest BCUT2D eigenvalue weighted by molar-refractivity contribution is -0.145. The second-order valence-electron chi connectivity index (χ2n) is 5.42. The first kappa shape index (κ1) is 13.5. The van der Waals surface area contributed by atoms with Gasteiger partial charge in [0.25, 0.3) is 0 Å². The Morgan fingerprint density at radius 2 is 2.00 bits per heavy atom. The number of rotatable bonds is 4. The first-order chi connectivity index (χ1) is 7.45. The van der Waals surface area contributed by atoms with Crippen molar-refractivity contribution < 1.29 is 4.79 Å². The molecule has 1 saturated heterocycles. The van der Waals surface area contributed by atoms with Crippen LogP contribution in [0.3, 0.4) is 0 Å². The average molecular weight is 226 g/mol. The topological polar surface area (TPSA) is 32.3 Å². The molecule has 0 saturated carbocycles. The van der Waals surface area contributed by atoms with Crippen LogP contribution in [0.15, 0.2) is 0 Å². The number of carbonyl (C=O) groups is 1. The molecule has 1 unspecified atom stereocenters. The van der Waals surface area contributed by atoms with Gasteiger partial charge in [0.1, 0.15) is 0 Å². The van der Waals surface area contributed by atoms with Crippen molar-refractivity contribution in [3.8, 4) is 0 Å². The Morgan fingerprint density at radius 1 is 1.38 bits per heavy atom. The van der Waals surface area contributed by atoms with Crippen molar-refractivity contribution in [3.05, 3.63) is 0 Å². The minimum absolute atomic E-state index is 0.166. The zero-order valence-electron chi connectivity index (χ0n) is 11.3. The maximum Gasteiger partial charge on any atom is 0.230 e. The van der Waals surface area contributed by atoms with Crippen LogP contribution in [0.2, 0.25) is 0 Å². The third kappa shape index (κ3) is 2.24. The fourth-order valence-corrected chi connectivity index (χ4v) is 2.66. The molecule has 0 radical (unpaired) electrons. The van der Waals surface area contributed by atoms with Crippen molar-refractivity contribution in [1.29, 1.82) is 0 Å². The Morgan fingerprint density at radius 3 is 2.31 bits per heavy atom. The molecule has 1 N–H and O–H groups in total. The predicted octanol–water partition coefficient (Wildman–Crippen LogP) is 1.88. The summed E-state index contributed by atoms with van der Waals surface area (Å²) in [7, 11) is 0. The summed E-state index contributed by atoms with van der Waals surface area (Å²) in [6, 6.07) is 0.300. The highest BCUT2D eigenvalue weighted by atomic mass is 16.2. The van der Waals surface area contributed by atoms with Crippen LogP contribution < -0.4 is 5.32 Å². The molecule has 0 aromatic rings. The van der Waals surface area contributed by atoms with Gasteiger partial charge in [-0.2, -0.15) is 0 Å². The van der Waals surface area contributed by atoms with Crippen LogP contribution >= 0.6 is 0 Å². The van der Waals surface area contributed by atoms with Gasteiger partial charge in [-0.15, -0.1) is 0 Å². The van der Waals surface area contributed by atoms with Crippen LogP contribution in [0.1, 0.15) is 41.0 Å². The number of hydrogen-bond acceptors (Lipinski definition) is 2. The van der Waals surface area contributed by atoms with E-state index in [1.807, 2.05) is 4.90 Å². The molecule has 94 valence electrons. The molecule has 1 heterocycles. The number of nitrogens with zero attached hydrogens (tertiary/aromatic N) is 1. The van der Waals surface area contributed by atoms with Crippen LogP contribution in [-0.4, -0.2) is 36.5 Å². The molecular formula is C13H26N2O. The van der Waals surface area contributed by atoms with Gasteiger partial charge in [-0.3, -0.25) is 4.79 Å². The Kier molecular flexibility index (Phi) is 4.36. The van der Waals surface area contributed by atoms with E-state index in [9.17, 15) is 4.79 Å². The molecular weight excluding hydrogens is 200 g/mol. The van der Waals surface area contributed by atoms with Gasteiger partial charge in [0.05, 0.1) is 5.41 Å². The van der Waals surface area contributed by atoms with Crippen LogP contribution in [0.25, 0.3) is 0 Å². The van der Waals surface area contributed by atoms with Crippen molar-refractivity contribution in [3.63, 3.8) is 0 Å². The summed E-state index contributed by atoms with van der Waals surface area (Å²) in [5.74, 6) is 0.743. The molecule has 0 aromatic heterocycles. The maximum atomic E-state index is 12.7. The Hall–Kier alpha value is -0.570. The molecule has 0 aliphatic carbocycles. The highest BCUT2D eigenvalue weighted by molar-refractivity contribution is 5.84. The third-order valence-corrected chi connectivity index (χ3v) is 3.94. The Bertz CT molecular complexity index is 242. The van der Waals surface area contributed by atoms with Crippen LogP contribution in [0.4, 0.5) is 0 Å². The van der Waals surface area contributed by atoms with E-state index in [0.29, 0.717) is 17.9 Å². The molecule has 1 amide bonds. The van der Waals surface area contributed by atoms with Gasteiger partial charge in [0, 0.05) is 19.1 Å². The van der Waals surface area contributed by atoms with Crippen molar-refractivity contribution in [2.75, 3.05) is 19.6 Å². The van der Waals surface area contributed by atoms with Crippen molar-refractivity contribution in [1.82, 2.24) is 10.2 Å².